The Bertz CT molecular complexity index is 1260. The van der Waals surface area contributed by atoms with Gasteiger partial charge in [-0.25, -0.2) is 4.79 Å². The Labute approximate surface area is 205 Å². The first-order valence-electron chi connectivity index (χ1n) is 11.0. The molecule has 0 saturated carbocycles. The van der Waals surface area contributed by atoms with Crippen LogP contribution in [0.3, 0.4) is 0 Å². The number of morpholine rings is 1. The molecule has 1 fully saturated rings. The fourth-order valence-corrected chi connectivity index (χ4v) is 5.18. The summed E-state index contributed by atoms with van der Waals surface area (Å²) in [4.78, 5) is 42.5. The number of anilines is 3. The van der Waals surface area contributed by atoms with Gasteiger partial charge in [0.1, 0.15) is 0 Å². The summed E-state index contributed by atoms with van der Waals surface area (Å²) in [6.45, 7) is 1.52. The Kier molecular flexibility index (Phi) is 6.39. The van der Waals surface area contributed by atoms with Gasteiger partial charge in [-0.2, -0.15) is 0 Å². The number of amides is 1. The van der Waals surface area contributed by atoms with Crippen LogP contribution in [0.5, 0.6) is 0 Å². The average molecular weight is 492 g/mol. The highest BCUT2D eigenvalue weighted by Gasteiger charge is 2.29. The van der Waals surface area contributed by atoms with E-state index in [9.17, 15) is 19.7 Å². The molecular formula is C25H21N3O6S. The number of fused-ring (bicyclic) bond motifs is 2. The number of para-hydroxylation sites is 2. The molecule has 0 spiro atoms. The summed E-state index contributed by atoms with van der Waals surface area (Å²) in [6.07, 6.45) is 0. The van der Waals surface area contributed by atoms with Gasteiger partial charge < -0.3 is 14.4 Å². The number of hydrogen-bond donors (Lipinski definition) is 0. The molecule has 5 rings (SSSR count). The minimum absolute atomic E-state index is 0.0453. The van der Waals surface area contributed by atoms with Gasteiger partial charge in [0.15, 0.2) is 6.61 Å². The number of non-ortho nitro benzene ring substituents is 1. The van der Waals surface area contributed by atoms with Crippen molar-refractivity contribution in [3.63, 3.8) is 0 Å². The van der Waals surface area contributed by atoms with Crippen molar-refractivity contribution in [1.29, 1.82) is 0 Å². The standard InChI is InChI=1S/C25H21N3O6S/c29-24(27-20-5-1-3-7-22(20)35-23-8-4-2-6-21(23)27)16-34-25(30)18-15-17(28(31)32)9-10-19(18)26-11-13-33-14-12-26/h1-10,15H,11-14,16H2. The third-order valence-corrected chi connectivity index (χ3v) is 6.90. The van der Waals surface area contributed by atoms with E-state index in [1.165, 1.54) is 18.2 Å². The number of carbonyl (C=O) groups excluding carboxylic acids is 2. The van der Waals surface area contributed by atoms with E-state index in [0.717, 1.165) is 9.79 Å². The number of rotatable bonds is 5. The lowest BCUT2D eigenvalue weighted by atomic mass is 10.1. The summed E-state index contributed by atoms with van der Waals surface area (Å²) in [7, 11) is 0. The second kappa shape index (κ2) is 9.77. The van der Waals surface area contributed by atoms with Gasteiger partial charge in [0.25, 0.3) is 11.6 Å². The minimum Gasteiger partial charge on any atom is -0.452 e. The van der Waals surface area contributed by atoms with Gasteiger partial charge in [-0.1, -0.05) is 36.0 Å². The number of carbonyl (C=O) groups is 2. The largest absolute Gasteiger partial charge is 0.452 e. The molecule has 3 aromatic carbocycles. The van der Waals surface area contributed by atoms with E-state index in [1.54, 1.807) is 16.7 Å². The molecule has 1 saturated heterocycles. The first-order valence-corrected chi connectivity index (χ1v) is 11.8. The summed E-state index contributed by atoms with van der Waals surface area (Å²) in [5, 5.41) is 11.3. The van der Waals surface area contributed by atoms with Crippen molar-refractivity contribution < 1.29 is 24.0 Å². The third kappa shape index (κ3) is 4.58. The SMILES string of the molecule is O=C(OCC(=O)N1c2ccccc2Sc2ccccc21)c1cc([N+](=O)[O-])ccc1N1CCOCC1. The maximum Gasteiger partial charge on any atom is 0.341 e. The van der Waals surface area contributed by atoms with Gasteiger partial charge in [-0.05, 0) is 30.3 Å². The van der Waals surface area contributed by atoms with Crippen molar-refractivity contribution in [2.75, 3.05) is 42.7 Å². The van der Waals surface area contributed by atoms with E-state index >= 15 is 0 Å². The number of nitro groups is 1. The van der Waals surface area contributed by atoms with Crippen LogP contribution in [0, 0.1) is 10.1 Å². The molecule has 0 atom stereocenters. The minimum atomic E-state index is -0.795. The number of nitro benzene ring substituents is 1. The molecule has 35 heavy (non-hydrogen) atoms. The number of nitrogens with zero attached hydrogens (tertiary/aromatic N) is 3. The Balaban J connectivity index is 1.40. The van der Waals surface area contributed by atoms with Crippen molar-refractivity contribution in [2.45, 2.75) is 9.79 Å². The number of esters is 1. The van der Waals surface area contributed by atoms with Crippen LogP contribution in [0.1, 0.15) is 10.4 Å². The molecule has 1 amide bonds. The topological polar surface area (TPSA) is 102 Å². The molecule has 0 aliphatic carbocycles. The monoisotopic (exact) mass is 491 g/mol. The molecule has 0 radical (unpaired) electrons. The van der Waals surface area contributed by atoms with Crippen LogP contribution in [-0.2, 0) is 14.3 Å². The highest BCUT2D eigenvalue weighted by Crippen LogP contribution is 2.47. The molecule has 10 heteroatoms. The summed E-state index contributed by atoms with van der Waals surface area (Å²) < 4.78 is 10.8. The Hall–Kier alpha value is -3.89. The maximum atomic E-state index is 13.3. The molecule has 2 heterocycles. The van der Waals surface area contributed by atoms with Crippen LogP contribution in [0.2, 0.25) is 0 Å². The van der Waals surface area contributed by atoms with Gasteiger partial charge in [-0.3, -0.25) is 19.8 Å². The zero-order valence-corrected chi connectivity index (χ0v) is 19.4. The lowest BCUT2D eigenvalue weighted by Gasteiger charge is -2.31. The Morgan fingerprint density at radius 3 is 2.20 bits per heavy atom. The van der Waals surface area contributed by atoms with Crippen molar-refractivity contribution in [2.24, 2.45) is 0 Å². The Morgan fingerprint density at radius 2 is 1.57 bits per heavy atom. The van der Waals surface area contributed by atoms with Crippen LogP contribution in [0.4, 0.5) is 22.7 Å². The summed E-state index contributed by atoms with van der Waals surface area (Å²) in [6, 6.07) is 19.1. The highest BCUT2D eigenvalue weighted by molar-refractivity contribution is 7.99. The second-order valence-electron chi connectivity index (χ2n) is 7.90. The first-order chi connectivity index (χ1) is 17.0. The van der Waals surface area contributed by atoms with E-state index in [-0.39, 0.29) is 11.3 Å². The predicted octanol–water partition coefficient (Wildman–Crippen LogP) is 4.42. The molecular weight excluding hydrogens is 470 g/mol. The van der Waals surface area contributed by atoms with Gasteiger partial charge in [-0.15, -0.1) is 0 Å². The molecule has 3 aromatic rings. The van der Waals surface area contributed by atoms with Crippen LogP contribution < -0.4 is 9.80 Å². The summed E-state index contributed by atoms with van der Waals surface area (Å²) >= 11 is 1.57. The molecule has 0 N–H and O–H groups in total. The van der Waals surface area contributed by atoms with E-state index in [0.29, 0.717) is 43.4 Å². The van der Waals surface area contributed by atoms with Crippen LogP contribution in [0.25, 0.3) is 0 Å². The number of hydrogen-bond acceptors (Lipinski definition) is 8. The molecule has 0 unspecified atom stereocenters. The Morgan fingerprint density at radius 1 is 0.943 bits per heavy atom. The molecule has 2 aliphatic rings. The van der Waals surface area contributed by atoms with Crippen molar-refractivity contribution in [1.82, 2.24) is 0 Å². The number of benzene rings is 3. The normalized spacial score (nSPS) is 14.6. The zero-order valence-electron chi connectivity index (χ0n) is 18.6. The van der Waals surface area contributed by atoms with E-state index in [2.05, 4.69) is 0 Å². The average Bonchev–Trinajstić information content (AvgIpc) is 2.90. The molecule has 2 aliphatic heterocycles. The van der Waals surface area contributed by atoms with E-state index < -0.39 is 23.4 Å². The smallest absolute Gasteiger partial charge is 0.341 e. The first kappa shape index (κ1) is 22.9. The van der Waals surface area contributed by atoms with Crippen LogP contribution >= 0.6 is 11.8 Å². The molecule has 9 nitrogen and oxygen atoms in total. The van der Waals surface area contributed by atoms with Crippen molar-refractivity contribution in [3.8, 4) is 0 Å². The lowest BCUT2D eigenvalue weighted by molar-refractivity contribution is -0.384. The molecule has 178 valence electrons. The molecule has 0 aromatic heterocycles. The fourth-order valence-electron chi connectivity index (χ4n) is 4.12. The quantitative estimate of drug-likeness (QED) is 0.294. The number of ether oxygens (including phenoxy) is 2. The van der Waals surface area contributed by atoms with Gasteiger partial charge in [0, 0.05) is 35.0 Å². The lowest BCUT2D eigenvalue weighted by Crippen LogP contribution is -2.37. The van der Waals surface area contributed by atoms with Crippen molar-refractivity contribution >= 4 is 46.4 Å². The third-order valence-electron chi connectivity index (χ3n) is 5.77. The van der Waals surface area contributed by atoms with Crippen LogP contribution in [-0.4, -0.2) is 49.7 Å². The van der Waals surface area contributed by atoms with Gasteiger partial charge in [0.2, 0.25) is 0 Å². The summed E-state index contributed by atoms with van der Waals surface area (Å²) in [5.41, 5.74) is 1.75. The van der Waals surface area contributed by atoms with Gasteiger partial charge >= 0.3 is 5.97 Å². The zero-order chi connectivity index (χ0) is 24.4. The van der Waals surface area contributed by atoms with Crippen LogP contribution in [0.15, 0.2) is 76.5 Å². The predicted molar refractivity (Wildman–Crippen MR) is 131 cm³/mol. The van der Waals surface area contributed by atoms with E-state index in [4.69, 9.17) is 9.47 Å². The fraction of sp³-hybridized carbons (Fsp3) is 0.200. The second-order valence-corrected chi connectivity index (χ2v) is 8.98. The van der Waals surface area contributed by atoms with E-state index in [1.807, 2.05) is 53.4 Å². The maximum absolute atomic E-state index is 13.3. The van der Waals surface area contributed by atoms with Gasteiger partial charge in [0.05, 0.1) is 40.8 Å². The molecule has 0 bridgehead atoms. The summed E-state index contributed by atoms with van der Waals surface area (Å²) in [5.74, 6) is -1.21. The van der Waals surface area contributed by atoms with Crippen molar-refractivity contribution in [3.05, 3.63) is 82.4 Å². The highest BCUT2D eigenvalue weighted by atomic mass is 32.2.